The molecule has 1 aromatic heterocycles. The van der Waals surface area contributed by atoms with Crippen LogP contribution in [0.4, 0.5) is 13.2 Å². The first-order valence-corrected chi connectivity index (χ1v) is 15.4. The maximum Gasteiger partial charge on any atom is 0.430 e. The van der Waals surface area contributed by atoms with E-state index in [0.29, 0.717) is 18.2 Å². The molecular weight excluding hydrogens is 585 g/mol. The van der Waals surface area contributed by atoms with Crippen LogP contribution in [0.15, 0.2) is 42.5 Å². The van der Waals surface area contributed by atoms with Crippen LogP contribution in [0, 0.1) is 5.92 Å². The summed E-state index contributed by atoms with van der Waals surface area (Å²) < 4.78 is 46.3. The number of imidazole rings is 1. The third-order valence-corrected chi connectivity index (χ3v) is 8.11. The number of nitrogens with two attached hydrogens (primary N) is 1. The van der Waals surface area contributed by atoms with Crippen molar-refractivity contribution in [2.45, 2.75) is 64.3 Å². The smallest absolute Gasteiger partial charge is 0.430 e. The number of benzene rings is 2. The van der Waals surface area contributed by atoms with Crippen molar-refractivity contribution in [3.8, 4) is 11.5 Å². The number of ether oxygens (including phenoxy) is 2. The molecule has 8 nitrogen and oxygen atoms in total. The van der Waals surface area contributed by atoms with Gasteiger partial charge in [0.1, 0.15) is 42.0 Å². The van der Waals surface area contributed by atoms with Gasteiger partial charge in [-0.1, -0.05) is 24.1 Å². The Morgan fingerprint density at radius 3 is 2.47 bits per heavy atom. The summed E-state index contributed by atoms with van der Waals surface area (Å²) in [6.45, 7) is 7.97. The van der Waals surface area contributed by atoms with Gasteiger partial charge in [-0.3, -0.25) is 4.90 Å². The number of carbonyl (C=O) groups is 1. The number of halogens is 4. The van der Waals surface area contributed by atoms with Gasteiger partial charge in [-0.2, -0.15) is 13.2 Å². The number of hydrogen-bond donors (Lipinski definition) is 1. The van der Waals surface area contributed by atoms with Crippen LogP contribution in [0.25, 0.3) is 11.0 Å². The molecule has 5 rings (SSSR count). The topological polar surface area (TPSA) is 96.3 Å². The molecule has 2 saturated heterocycles. The summed E-state index contributed by atoms with van der Waals surface area (Å²) >= 11 is 6.05. The van der Waals surface area contributed by atoms with Crippen LogP contribution in [0.1, 0.15) is 50.8 Å². The van der Waals surface area contributed by atoms with Crippen LogP contribution in [0.3, 0.4) is 0 Å². The molecule has 2 aliphatic heterocycles. The monoisotopic (exact) mass is 624 g/mol. The van der Waals surface area contributed by atoms with E-state index < -0.39 is 12.1 Å². The fourth-order valence-corrected chi connectivity index (χ4v) is 5.74. The van der Waals surface area contributed by atoms with E-state index in [4.69, 9.17) is 36.0 Å². The summed E-state index contributed by atoms with van der Waals surface area (Å²) in [7, 11) is 0. The average Bonchev–Trinajstić information content (AvgIpc) is 3.36. The molecule has 2 fully saturated rings. The predicted octanol–water partition coefficient (Wildman–Crippen LogP) is 4.19. The number of likely N-dealkylation sites (tertiary alicyclic amines) is 1. The Labute approximate surface area is 255 Å². The number of quaternary nitrogens is 1. The van der Waals surface area contributed by atoms with Crippen LogP contribution in [0.5, 0.6) is 11.5 Å². The lowest BCUT2D eigenvalue weighted by molar-refractivity contribution is -0.669. The van der Waals surface area contributed by atoms with E-state index in [1.165, 1.54) is 64.7 Å². The van der Waals surface area contributed by atoms with Crippen molar-refractivity contribution in [2.24, 2.45) is 5.92 Å². The molecule has 0 amide bonds. The van der Waals surface area contributed by atoms with Crippen molar-refractivity contribution in [1.82, 2.24) is 14.5 Å². The van der Waals surface area contributed by atoms with Crippen molar-refractivity contribution >= 4 is 28.6 Å². The van der Waals surface area contributed by atoms with E-state index in [9.17, 15) is 13.2 Å². The summed E-state index contributed by atoms with van der Waals surface area (Å²) in [6, 6.07) is 13.8. The number of carboxylic acid groups (broad SMARTS) is 1. The van der Waals surface area contributed by atoms with Gasteiger partial charge in [-0.15, -0.1) is 0 Å². The second-order valence-electron chi connectivity index (χ2n) is 11.0. The lowest BCUT2D eigenvalue weighted by Crippen LogP contribution is -2.87. The van der Waals surface area contributed by atoms with Crippen molar-refractivity contribution in [2.75, 3.05) is 39.3 Å². The first kappa shape index (κ1) is 32.9. The number of carbonyl (C=O) groups excluding carboxylic acids is 1. The fourth-order valence-electron chi connectivity index (χ4n) is 5.61. The summed E-state index contributed by atoms with van der Waals surface area (Å²) in [5, 5.41) is 12.0. The Morgan fingerprint density at radius 1 is 1.05 bits per heavy atom. The molecule has 12 heteroatoms. The number of para-hydroxylation sites is 1. The van der Waals surface area contributed by atoms with Gasteiger partial charge in [-0.25, -0.2) is 4.98 Å². The largest absolute Gasteiger partial charge is 0.542 e. The lowest BCUT2D eigenvalue weighted by atomic mass is 9.95. The molecule has 43 heavy (non-hydrogen) atoms. The maximum atomic E-state index is 10.5. The second-order valence-corrected chi connectivity index (χ2v) is 11.5. The maximum absolute atomic E-state index is 10.5. The molecule has 2 aromatic carbocycles. The van der Waals surface area contributed by atoms with Gasteiger partial charge in [0, 0.05) is 24.0 Å². The molecule has 0 radical (unpaired) electrons. The fraction of sp³-hybridized carbons (Fsp3) is 0.548. The highest BCUT2D eigenvalue weighted by molar-refractivity contribution is 6.30. The van der Waals surface area contributed by atoms with Crippen molar-refractivity contribution in [3.05, 3.63) is 53.3 Å². The normalized spacial score (nSPS) is 17.7. The first-order valence-electron chi connectivity index (χ1n) is 15.0. The summed E-state index contributed by atoms with van der Waals surface area (Å²) in [4.78, 5) is 16.3. The van der Waals surface area contributed by atoms with Crippen molar-refractivity contribution < 1.29 is 37.9 Å². The number of carboxylic acids is 1. The third kappa shape index (κ3) is 10.3. The zero-order valence-corrected chi connectivity index (χ0v) is 25.0. The van der Waals surface area contributed by atoms with Gasteiger partial charge in [0.2, 0.25) is 0 Å². The second kappa shape index (κ2) is 16.2. The number of aliphatic carboxylic acids is 1. The molecule has 0 bridgehead atoms. The SMILES string of the molecule is Clc1ccc(OCc2nc3c(OCCN4CCCCC4)cccc3n2CCCC2CCC[NH2+]C2)cc1.O=C([O-])C(F)(F)F. The van der Waals surface area contributed by atoms with Gasteiger partial charge in [-0.05, 0) is 88.0 Å². The highest BCUT2D eigenvalue weighted by atomic mass is 35.5. The average molecular weight is 625 g/mol. The van der Waals surface area contributed by atoms with Crippen LogP contribution >= 0.6 is 11.6 Å². The standard InChI is InChI=1S/C29H39ClN4O2.C2HF3O2/c30-24-11-13-25(14-12-24)36-22-28-32-29-26(34(28)18-6-8-23-7-5-15-31-21-23)9-4-10-27(29)35-20-19-33-16-2-1-3-17-33;3-2(4,5)1(6)7/h4,9-14,23,31H,1-3,5-8,15-22H2;(H,6,7). The number of aromatic nitrogens is 2. The molecule has 2 N–H and O–H groups in total. The number of hydrogen-bond acceptors (Lipinski definition) is 6. The number of alkyl halides is 3. The Morgan fingerprint density at radius 2 is 1.79 bits per heavy atom. The summed E-state index contributed by atoms with van der Waals surface area (Å²) in [5.41, 5.74) is 2.08. The molecule has 3 heterocycles. The van der Waals surface area contributed by atoms with Gasteiger partial charge < -0.3 is 29.3 Å². The minimum absolute atomic E-state index is 0.417. The first-order chi connectivity index (χ1) is 20.7. The van der Waals surface area contributed by atoms with E-state index in [0.717, 1.165) is 53.8 Å². The number of piperidine rings is 2. The molecule has 0 saturated carbocycles. The minimum Gasteiger partial charge on any atom is -0.542 e. The summed E-state index contributed by atoms with van der Waals surface area (Å²) in [6.07, 6.45) is 3.89. The van der Waals surface area contributed by atoms with Crippen molar-refractivity contribution in [1.29, 1.82) is 0 Å². The Hall–Kier alpha value is -3.02. The van der Waals surface area contributed by atoms with Crippen LogP contribution in [-0.4, -0.2) is 65.9 Å². The van der Waals surface area contributed by atoms with Gasteiger partial charge in [0.15, 0.2) is 0 Å². The molecule has 1 unspecified atom stereocenters. The highest BCUT2D eigenvalue weighted by Crippen LogP contribution is 2.28. The molecule has 236 valence electrons. The molecule has 1 atom stereocenters. The number of nitrogens with zero attached hydrogens (tertiary/aromatic N) is 3. The van der Waals surface area contributed by atoms with Gasteiger partial charge in [0.05, 0.1) is 18.6 Å². The Bertz CT molecular complexity index is 1290. The highest BCUT2D eigenvalue weighted by Gasteiger charge is 2.28. The van der Waals surface area contributed by atoms with E-state index in [1.807, 2.05) is 24.3 Å². The van der Waals surface area contributed by atoms with Gasteiger partial charge in [0.25, 0.3) is 0 Å². The lowest BCUT2D eigenvalue weighted by Gasteiger charge is -2.26. The van der Waals surface area contributed by atoms with E-state index in [-0.39, 0.29) is 0 Å². The van der Waals surface area contributed by atoms with E-state index >= 15 is 0 Å². The zero-order chi connectivity index (χ0) is 30.7. The molecule has 2 aliphatic rings. The van der Waals surface area contributed by atoms with Crippen molar-refractivity contribution in [3.63, 3.8) is 0 Å². The molecule has 3 aromatic rings. The predicted molar refractivity (Wildman–Crippen MR) is 156 cm³/mol. The van der Waals surface area contributed by atoms with E-state index in [2.05, 4.69) is 33.0 Å². The summed E-state index contributed by atoms with van der Waals surface area (Å²) in [5.74, 6) is 0.442. The number of rotatable bonds is 11. The van der Waals surface area contributed by atoms with Crippen LogP contribution in [-0.2, 0) is 17.9 Å². The Balaban J connectivity index is 0.000000541. The molecule has 0 spiro atoms. The third-order valence-electron chi connectivity index (χ3n) is 7.86. The molecular formula is C31H40ClF3N4O4. The minimum atomic E-state index is -5.19. The van der Waals surface area contributed by atoms with Gasteiger partial charge >= 0.3 is 6.18 Å². The quantitative estimate of drug-likeness (QED) is 0.344. The number of fused-ring (bicyclic) bond motifs is 1. The van der Waals surface area contributed by atoms with Crippen LogP contribution < -0.4 is 19.9 Å². The van der Waals surface area contributed by atoms with Crippen LogP contribution in [0.2, 0.25) is 5.02 Å². The van der Waals surface area contributed by atoms with E-state index in [1.54, 1.807) is 0 Å². The Kier molecular flexibility index (Phi) is 12.4. The molecule has 0 aliphatic carbocycles. The number of aryl methyl sites for hydroxylation is 1. The zero-order valence-electron chi connectivity index (χ0n) is 24.3.